The third-order valence-corrected chi connectivity index (χ3v) is 5.64. The molecule has 5 rings (SSSR count). The summed E-state index contributed by atoms with van der Waals surface area (Å²) in [5, 5.41) is 16.6. The van der Waals surface area contributed by atoms with Crippen molar-refractivity contribution in [1.29, 1.82) is 0 Å². The summed E-state index contributed by atoms with van der Waals surface area (Å²) in [7, 11) is 0. The van der Waals surface area contributed by atoms with E-state index in [2.05, 4.69) is 25.6 Å². The number of imidazole rings is 1. The molecule has 9 heteroatoms. The Labute approximate surface area is 167 Å². The lowest BCUT2D eigenvalue weighted by molar-refractivity contribution is 0.185. The summed E-state index contributed by atoms with van der Waals surface area (Å²) in [5.41, 5.74) is 2.26. The number of hydrogen-bond donors (Lipinski definition) is 3. The van der Waals surface area contributed by atoms with Gasteiger partial charge in [-0.3, -0.25) is 4.40 Å². The minimum Gasteiger partial charge on any atom is -0.374 e. The number of aliphatic hydroxyl groups excluding tert-OH is 1. The Bertz CT molecular complexity index is 1010. The largest absolute Gasteiger partial charge is 0.374 e. The van der Waals surface area contributed by atoms with Crippen LogP contribution in [0, 0.1) is 0 Å². The molecule has 5 heterocycles. The van der Waals surface area contributed by atoms with Gasteiger partial charge >= 0.3 is 0 Å². The van der Waals surface area contributed by atoms with Gasteiger partial charge in [-0.2, -0.15) is 0 Å². The number of rotatable bonds is 4. The van der Waals surface area contributed by atoms with Crippen molar-refractivity contribution in [1.82, 2.24) is 24.7 Å². The number of halogens is 1. The van der Waals surface area contributed by atoms with Crippen molar-refractivity contribution in [3.63, 3.8) is 0 Å². The maximum atomic E-state index is 14.2. The SMILES string of the molecule is OC1CCCN1c1cn2c(-c3cccc(N[C@H]4CNCC[C@@H]4F)n3)cnc2cn1. The van der Waals surface area contributed by atoms with E-state index in [4.69, 9.17) is 0 Å². The molecule has 0 amide bonds. The van der Waals surface area contributed by atoms with Gasteiger partial charge in [-0.05, 0) is 37.9 Å². The van der Waals surface area contributed by atoms with Gasteiger partial charge in [0.05, 0.1) is 36.0 Å². The number of hydrogen-bond acceptors (Lipinski definition) is 7. The number of aromatic nitrogens is 4. The molecule has 3 atom stereocenters. The first kappa shape index (κ1) is 18.3. The van der Waals surface area contributed by atoms with Gasteiger partial charge in [0, 0.05) is 13.1 Å². The molecule has 0 radical (unpaired) electrons. The molecule has 2 aliphatic rings. The number of nitrogens with zero attached hydrogens (tertiary/aromatic N) is 5. The second-order valence-corrected chi connectivity index (χ2v) is 7.60. The van der Waals surface area contributed by atoms with Gasteiger partial charge < -0.3 is 20.6 Å². The van der Waals surface area contributed by atoms with Gasteiger partial charge in [0.15, 0.2) is 5.65 Å². The number of nitrogens with one attached hydrogen (secondary N) is 2. The predicted molar refractivity (Wildman–Crippen MR) is 109 cm³/mol. The lowest BCUT2D eigenvalue weighted by atomic mass is 10.1. The maximum absolute atomic E-state index is 14.2. The minimum absolute atomic E-state index is 0.291. The summed E-state index contributed by atoms with van der Waals surface area (Å²) in [5.74, 6) is 1.35. The quantitative estimate of drug-likeness (QED) is 0.619. The van der Waals surface area contributed by atoms with E-state index in [1.54, 1.807) is 12.4 Å². The molecular weight excluding hydrogens is 373 g/mol. The molecule has 0 aliphatic carbocycles. The molecule has 1 unspecified atom stereocenters. The Morgan fingerprint density at radius 2 is 2.14 bits per heavy atom. The van der Waals surface area contributed by atoms with Crippen molar-refractivity contribution >= 4 is 17.3 Å². The summed E-state index contributed by atoms with van der Waals surface area (Å²) in [6.45, 7) is 2.06. The molecule has 8 nitrogen and oxygen atoms in total. The van der Waals surface area contributed by atoms with E-state index in [9.17, 15) is 9.50 Å². The van der Waals surface area contributed by atoms with Gasteiger partial charge in [0.1, 0.15) is 24.0 Å². The molecule has 0 aromatic carbocycles. The topological polar surface area (TPSA) is 90.6 Å². The number of alkyl halides is 1. The van der Waals surface area contributed by atoms with Gasteiger partial charge in [0.25, 0.3) is 0 Å². The first-order valence-electron chi connectivity index (χ1n) is 10.1. The number of pyridine rings is 1. The van der Waals surface area contributed by atoms with E-state index in [1.165, 1.54) is 0 Å². The van der Waals surface area contributed by atoms with Crippen LogP contribution in [0.25, 0.3) is 17.0 Å². The molecule has 3 aromatic heterocycles. The van der Waals surface area contributed by atoms with Crippen molar-refractivity contribution in [3.05, 3.63) is 36.8 Å². The van der Waals surface area contributed by atoms with E-state index < -0.39 is 12.4 Å². The van der Waals surface area contributed by atoms with Crippen LogP contribution in [-0.2, 0) is 0 Å². The van der Waals surface area contributed by atoms with E-state index >= 15 is 0 Å². The summed E-state index contributed by atoms with van der Waals surface area (Å²) in [6, 6.07) is 5.37. The van der Waals surface area contributed by atoms with Gasteiger partial charge in [0.2, 0.25) is 0 Å². The van der Waals surface area contributed by atoms with Crippen LogP contribution >= 0.6 is 0 Å². The second kappa shape index (κ2) is 7.57. The molecule has 0 spiro atoms. The number of aliphatic hydroxyl groups is 1. The van der Waals surface area contributed by atoms with E-state index in [-0.39, 0.29) is 6.04 Å². The Hall–Kier alpha value is -2.78. The minimum atomic E-state index is -0.891. The molecule has 3 N–H and O–H groups in total. The Morgan fingerprint density at radius 3 is 2.97 bits per heavy atom. The monoisotopic (exact) mass is 397 g/mol. The molecule has 2 saturated heterocycles. The van der Waals surface area contributed by atoms with Gasteiger partial charge in [-0.1, -0.05) is 6.07 Å². The highest BCUT2D eigenvalue weighted by atomic mass is 19.1. The lowest BCUT2D eigenvalue weighted by Gasteiger charge is -2.28. The average molecular weight is 397 g/mol. The van der Waals surface area contributed by atoms with Crippen LogP contribution in [0.15, 0.2) is 36.8 Å². The van der Waals surface area contributed by atoms with Crippen LogP contribution in [0.3, 0.4) is 0 Å². The molecule has 29 heavy (non-hydrogen) atoms. The zero-order valence-corrected chi connectivity index (χ0v) is 16.0. The summed E-state index contributed by atoms with van der Waals surface area (Å²) in [4.78, 5) is 15.5. The van der Waals surface area contributed by atoms with Crippen LogP contribution in [0.4, 0.5) is 16.0 Å². The van der Waals surface area contributed by atoms with Crippen LogP contribution < -0.4 is 15.5 Å². The fraction of sp³-hybridized carbons (Fsp3) is 0.450. The third-order valence-electron chi connectivity index (χ3n) is 5.64. The van der Waals surface area contributed by atoms with E-state index in [0.717, 1.165) is 30.8 Å². The molecule has 2 aliphatic heterocycles. The average Bonchev–Trinajstić information content (AvgIpc) is 3.35. The van der Waals surface area contributed by atoms with Gasteiger partial charge in [-0.15, -0.1) is 0 Å². The number of fused-ring (bicyclic) bond motifs is 1. The molecular formula is C20H24FN7O. The van der Waals surface area contributed by atoms with Crippen LogP contribution in [0.1, 0.15) is 19.3 Å². The van der Waals surface area contributed by atoms with Gasteiger partial charge in [-0.25, -0.2) is 19.3 Å². The Balaban J connectivity index is 1.46. The Kier molecular flexibility index (Phi) is 4.76. The van der Waals surface area contributed by atoms with E-state index in [1.807, 2.05) is 33.7 Å². The normalized spacial score (nSPS) is 24.9. The molecule has 152 valence electrons. The van der Waals surface area contributed by atoms with Crippen LogP contribution in [-0.4, -0.2) is 62.5 Å². The zero-order valence-electron chi connectivity index (χ0n) is 16.0. The van der Waals surface area contributed by atoms with Crippen molar-refractivity contribution < 1.29 is 9.50 Å². The first-order valence-corrected chi connectivity index (χ1v) is 10.1. The van der Waals surface area contributed by atoms with Crippen molar-refractivity contribution in [2.75, 3.05) is 29.9 Å². The molecule has 0 saturated carbocycles. The van der Waals surface area contributed by atoms with Crippen LogP contribution in [0.5, 0.6) is 0 Å². The van der Waals surface area contributed by atoms with Crippen molar-refractivity contribution in [2.45, 2.75) is 37.7 Å². The summed E-state index contributed by atoms with van der Waals surface area (Å²) in [6.07, 6.45) is 6.14. The lowest BCUT2D eigenvalue weighted by Crippen LogP contribution is -2.46. The Morgan fingerprint density at radius 1 is 1.21 bits per heavy atom. The van der Waals surface area contributed by atoms with Crippen molar-refractivity contribution in [2.24, 2.45) is 0 Å². The smallest absolute Gasteiger partial charge is 0.155 e. The molecule has 3 aromatic rings. The second-order valence-electron chi connectivity index (χ2n) is 7.60. The number of piperidine rings is 1. The highest BCUT2D eigenvalue weighted by Gasteiger charge is 2.25. The maximum Gasteiger partial charge on any atom is 0.155 e. The van der Waals surface area contributed by atoms with E-state index in [0.29, 0.717) is 36.8 Å². The third kappa shape index (κ3) is 3.51. The molecule has 0 bridgehead atoms. The summed E-state index contributed by atoms with van der Waals surface area (Å²) < 4.78 is 16.1. The highest BCUT2D eigenvalue weighted by Crippen LogP contribution is 2.26. The standard InChI is InChI=1S/C20H24FN7O/c21-13-6-7-22-9-15(13)26-17-4-1-3-14(25-17)16-10-23-18-11-24-19(12-28(16)18)27-8-2-5-20(27)29/h1,3-4,10-13,15,20,22,29H,2,5-9H2,(H,25,26)/t13-,15-,20?/m0/s1. The first-order chi connectivity index (χ1) is 14.2. The fourth-order valence-corrected chi connectivity index (χ4v) is 4.05. The summed E-state index contributed by atoms with van der Waals surface area (Å²) >= 11 is 0. The fourth-order valence-electron chi connectivity index (χ4n) is 4.05. The number of anilines is 2. The predicted octanol–water partition coefficient (Wildman–Crippen LogP) is 1.82. The molecule has 2 fully saturated rings. The zero-order chi connectivity index (χ0) is 19.8. The van der Waals surface area contributed by atoms with Crippen LogP contribution in [0.2, 0.25) is 0 Å². The van der Waals surface area contributed by atoms with Crippen molar-refractivity contribution in [3.8, 4) is 11.4 Å². The highest BCUT2D eigenvalue weighted by molar-refractivity contribution is 5.63.